The molecule has 2 aromatic heterocycles. The van der Waals surface area contributed by atoms with Crippen LogP contribution in [0.1, 0.15) is 9.67 Å². The third-order valence-electron chi connectivity index (χ3n) is 3.72. The normalized spacial score (nSPS) is 12.1. The average molecular weight is 368 g/mol. The van der Waals surface area contributed by atoms with Crippen molar-refractivity contribution >= 4 is 54.9 Å². The zero-order valence-corrected chi connectivity index (χ0v) is 14.5. The second kappa shape index (κ2) is 6.27. The first kappa shape index (κ1) is 15.7. The largest absolute Gasteiger partial charge is 0.480 e. The second-order valence-corrected chi connectivity index (χ2v) is 7.49. The molecule has 4 rings (SSSR count). The number of hydrogen-bond acceptors (Lipinski definition) is 4. The number of fused-ring (bicyclic) bond motifs is 2. The molecule has 4 aromatic rings. The monoisotopic (exact) mass is 368 g/mol. The molecule has 0 spiro atoms. The number of carboxylic acid groups (broad SMARTS) is 1. The zero-order valence-electron chi connectivity index (χ0n) is 12.9. The van der Waals surface area contributed by atoms with Crippen LogP contribution in [-0.4, -0.2) is 21.6 Å². The summed E-state index contributed by atoms with van der Waals surface area (Å²) >= 11 is 2.70. The van der Waals surface area contributed by atoms with Crippen molar-refractivity contribution < 1.29 is 14.7 Å². The molecule has 0 unspecified atom stereocenters. The summed E-state index contributed by atoms with van der Waals surface area (Å²) in [5.41, 5.74) is 0.762. The molecule has 0 saturated heterocycles. The van der Waals surface area contributed by atoms with Crippen molar-refractivity contribution in [3.63, 3.8) is 0 Å². The number of benzene rings is 2. The Hall–Kier alpha value is -2.77. The molecule has 25 heavy (non-hydrogen) atoms. The van der Waals surface area contributed by atoms with Crippen LogP contribution in [0.3, 0.4) is 0 Å². The molecule has 0 atom stereocenters. The van der Waals surface area contributed by atoms with Crippen LogP contribution in [0.5, 0.6) is 0 Å². The van der Waals surface area contributed by atoms with Gasteiger partial charge in [0.2, 0.25) is 0 Å². The van der Waals surface area contributed by atoms with E-state index in [1.54, 1.807) is 4.57 Å². The maximum Gasteiger partial charge on any atom is 0.323 e. The molecule has 7 heteroatoms. The molecule has 1 N–H and O–H groups in total. The summed E-state index contributed by atoms with van der Waals surface area (Å²) in [6, 6.07) is 17.0. The predicted octanol–water partition coefficient (Wildman–Crippen LogP) is 3.74. The van der Waals surface area contributed by atoms with Gasteiger partial charge in [-0.3, -0.25) is 9.59 Å². The number of hydrogen-bond donors (Lipinski definition) is 1. The van der Waals surface area contributed by atoms with Crippen LogP contribution < -0.4 is 4.80 Å². The highest BCUT2D eigenvalue weighted by Crippen LogP contribution is 2.26. The lowest BCUT2D eigenvalue weighted by Crippen LogP contribution is -2.21. The maximum atomic E-state index is 12.6. The van der Waals surface area contributed by atoms with Crippen molar-refractivity contribution in [1.29, 1.82) is 0 Å². The summed E-state index contributed by atoms with van der Waals surface area (Å²) in [5, 5.41) is 10.2. The molecule has 0 radical (unpaired) electrons. The fraction of sp³-hybridized carbons (Fsp3) is 0.0556. The van der Waals surface area contributed by atoms with Crippen molar-refractivity contribution in [3.05, 3.63) is 64.3 Å². The summed E-state index contributed by atoms with van der Waals surface area (Å²) in [7, 11) is 0. The summed E-state index contributed by atoms with van der Waals surface area (Å²) in [6.07, 6.45) is 0. The van der Waals surface area contributed by atoms with Crippen LogP contribution in [0.2, 0.25) is 0 Å². The van der Waals surface area contributed by atoms with E-state index in [1.165, 1.54) is 22.7 Å². The maximum absolute atomic E-state index is 12.6. The van der Waals surface area contributed by atoms with E-state index in [9.17, 15) is 14.7 Å². The Morgan fingerprint density at radius 3 is 2.48 bits per heavy atom. The molecule has 0 bridgehead atoms. The Bertz CT molecular complexity index is 1150. The Labute approximate surface area is 150 Å². The fourth-order valence-corrected chi connectivity index (χ4v) is 4.60. The highest BCUT2D eigenvalue weighted by molar-refractivity contribution is 7.20. The van der Waals surface area contributed by atoms with Gasteiger partial charge in [-0.05, 0) is 29.7 Å². The SMILES string of the molecule is O=C(O)Cn1/c(=N\C(=O)c2cc3ccccc3s2)sc2ccccc21. The zero-order chi connectivity index (χ0) is 17.4. The van der Waals surface area contributed by atoms with Gasteiger partial charge >= 0.3 is 5.97 Å². The Balaban J connectivity index is 1.84. The minimum Gasteiger partial charge on any atom is -0.480 e. The van der Waals surface area contributed by atoms with E-state index in [0.717, 1.165) is 20.3 Å². The molecule has 0 aliphatic heterocycles. The number of aliphatic carboxylic acids is 1. The van der Waals surface area contributed by atoms with Crippen molar-refractivity contribution in [3.8, 4) is 0 Å². The Kier molecular flexibility index (Phi) is 3.95. The lowest BCUT2D eigenvalue weighted by molar-refractivity contribution is -0.137. The molecule has 0 aliphatic carbocycles. The van der Waals surface area contributed by atoms with Crippen LogP contribution in [0.15, 0.2) is 59.6 Å². The van der Waals surface area contributed by atoms with Gasteiger partial charge in [-0.2, -0.15) is 4.99 Å². The highest BCUT2D eigenvalue weighted by atomic mass is 32.1. The molecule has 124 valence electrons. The summed E-state index contributed by atoms with van der Waals surface area (Å²) in [5.74, 6) is -1.33. The standard InChI is InChI=1S/C18H12N2O3S2/c21-16(22)10-20-12-6-2-4-8-14(12)25-18(20)19-17(23)15-9-11-5-1-3-7-13(11)24-15/h1-9H,10H2,(H,21,22)/b19-18+. The number of nitrogens with zero attached hydrogens (tertiary/aromatic N) is 2. The highest BCUT2D eigenvalue weighted by Gasteiger charge is 2.13. The first-order valence-electron chi connectivity index (χ1n) is 7.49. The first-order valence-corrected chi connectivity index (χ1v) is 9.13. The number of carbonyl (C=O) groups is 2. The van der Waals surface area contributed by atoms with Crippen molar-refractivity contribution in [2.75, 3.05) is 0 Å². The van der Waals surface area contributed by atoms with Gasteiger partial charge in [0.05, 0.1) is 15.1 Å². The summed E-state index contributed by atoms with van der Waals surface area (Å²) in [6.45, 7) is -0.234. The molecule has 2 heterocycles. The van der Waals surface area contributed by atoms with Crippen molar-refractivity contribution in [2.45, 2.75) is 6.54 Å². The van der Waals surface area contributed by atoms with Crippen LogP contribution in [0, 0.1) is 0 Å². The lowest BCUT2D eigenvalue weighted by Gasteiger charge is -2.00. The Morgan fingerprint density at radius 1 is 1.00 bits per heavy atom. The van der Waals surface area contributed by atoms with E-state index in [-0.39, 0.29) is 12.5 Å². The Morgan fingerprint density at radius 2 is 1.72 bits per heavy atom. The van der Waals surface area contributed by atoms with Gasteiger partial charge in [0.15, 0.2) is 4.80 Å². The molecular formula is C18H12N2O3S2. The molecule has 0 fully saturated rings. The quantitative estimate of drug-likeness (QED) is 0.599. The predicted molar refractivity (Wildman–Crippen MR) is 99.2 cm³/mol. The van der Waals surface area contributed by atoms with E-state index in [0.29, 0.717) is 9.68 Å². The lowest BCUT2D eigenvalue weighted by atomic mass is 10.2. The van der Waals surface area contributed by atoms with Gasteiger partial charge in [0.1, 0.15) is 6.54 Å². The van der Waals surface area contributed by atoms with Crippen molar-refractivity contribution in [1.82, 2.24) is 4.57 Å². The molecular weight excluding hydrogens is 356 g/mol. The van der Waals surface area contributed by atoms with Gasteiger partial charge in [-0.25, -0.2) is 0 Å². The molecule has 0 aliphatic rings. The third-order valence-corrected chi connectivity index (χ3v) is 5.88. The third kappa shape index (κ3) is 2.99. The van der Waals surface area contributed by atoms with Gasteiger partial charge in [-0.1, -0.05) is 41.7 Å². The van der Waals surface area contributed by atoms with E-state index < -0.39 is 5.97 Å². The van der Waals surface area contributed by atoms with Crippen molar-refractivity contribution in [2.24, 2.45) is 4.99 Å². The van der Waals surface area contributed by atoms with Crippen LogP contribution in [-0.2, 0) is 11.3 Å². The van der Waals surface area contributed by atoms with E-state index in [4.69, 9.17) is 0 Å². The number of carboxylic acids is 1. The van der Waals surface area contributed by atoms with Gasteiger partial charge in [-0.15, -0.1) is 11.3 Å². The van der Waals surface area contributed by atoms with Gasteiger partial charge in [0.25, 0.3) is 5.91 Å². The van der Waals surface area contributed by atoms with Crippen LogP contribution >= 0.6 is 22.7 Å². The van der Waals surface area contributed by atoms with Crippen LogP contribution in [0.4, 0.5) is 0 Å². The summed E-state index contributed by atoms with van der Waals surface area (Å²) < 4.78 is 3.48. The smallest absolute Gasteiger partial charge is 0.323 e. The number of amides is 1. The van der Waals surface area contributed by atoms with Gasteiger partial charge < -0.3 is 9.67 Å². The summed E-state index contributed by atoms with van der Waals surface area (Å²) in [4.78, 5) is 28.9. The minimum absolute atomic E-state index is 0.234. The van der Waals surface area contributed by atoms with Gasteiger partial charge in [0, 0.05) is 4.70 Å². The van der Waals surface area contributed by atoms with Crippen LogP contribution in [0.25, 0.3) is 20.3 Å². The number of rotatable bonds is 3. The average Bonchev–Trinajstić information content (AvgIpc) is 3.17. The topological polar surface area (TPSA) is 71.7 Å². The molecule has 0 saturated carbocycles. The minimum atomic E-state index is -0.973. The fourth-order valence-electron chi connectivity index (χ4n) is 2.62. The van der Waals surface area contributed by atoms with E-state index in [2.05, 4.69) is 4.99 Å². The molecule has 1 amide bonds. The van der Waals surface area contributed by atoms with E-state index >= 15 is 0 Å². The second-order valence-electron chi connectivity index (χ2n) is 5.40. The van der Waals surface area contributed by atoms with E-state index in [1.807, 2.05) is 54.6 Å². The number of thiophene rings is 1. The number of para-hydroxylation sites is 1. The first-order chi connectivity index (χ1) is 12.1. The number of carbonyl (C=O) groups excluding carboxylic acids is 1. The molecule has 2 aromatic carbocycles. The number of aromatic nitrogens is 1. The molecule has 5 nitrogen and oxygen atoms in total. The number of thiazole rings is 1.